The summed E-state index contributed by atoms with van der Waals surface area (Å²) < 4.78 is 1.07. The van der Waals surface area contributed by atoms with Crippen molar-refractivity contribution in [1.82, 2.24) is 5.32 Å². The second-order valence-corrected chi connectivity index (χ2v) is 4.65. The predicted octanol–water partition coefficient (Wildman–Crippen LogP) is 2.17. The highest BCUT2D eigenvalue weighted by Gasteiger charge is 2.14. The van der Waals surface area contributed by atoms with E-state index in [2.05, 4.69) is 21.2 Å². The standard InChI is InChI=1S/C9H8BrNOS/c10-7-2-1-3-8-6(7)4-11-9(12)5-13-8/h1-3H,4-5H2,(H,11,12). The number of hydrogen-bond acceptors (Lipinski definition) is 2. The average Bonchev–Trinajstić information content (AvgIpc) is 2.30. The Morgan fingerprint density at radius 2 is 2.31 bits per heavy atom. The zero-order chi connectivity index (χ0) is 9.26. The largest absolute Gasteiger partial charge is 0.351 e. The lowest BCUT2D eigenvalue weighted by Crippen LogP contribution is -2.22. The summed E-state index contributed by atoms with van der Waals surface area (Å²) >= 11 is 5.06. The van der Waals surface area contributed by atoms with Gasteiger partial charge in [0.15, 0.2) is 0 Å². The highest BCUT2D eigenvalue weighted by atomic mass is 79.9. The van der Waals surface area contributed by atoms with E-state index in [9.17, 15) is 4.79 Å². The van der Waals surface area contributed by atoms with Crippen LogP contribution in [0.3, 0.4) is 0 Å². The molecule has 0 bridgehead atoms. The molecule has 0 unspecified atom stereocenters. The molecule has 1 amide bonds. The van der Waals surface area contributed by atoms with Crippen LogP contribution in [-0.4, -0.2) is 11.7 Å². The normalized spacial score (nSPS) is 15.9. The summed E-state index contributed by atoms with van der Waals surface area (Å²) in [5.74, 6) is 0.622. The number of thioether (sulfide) groups is 1. The summed E-state index contributed by atoms with van der Waals surface area (Å²) in [5, 5.41) is 2.85. The maximum Gasteiger partial charge on any atom is 0.230 e. The first-order chi connectivity index (χ1) is 6.27. The van der Waals surface area contributed by atoms with Gasteiger partial charge in [0, 0.05) is 15.9 Å². The lowest BCUT2D eigenvalue weighted by Gasteiger charge is -2.05. The topological polar surface area (TPSA) is 29.1 Å². The second kappa shape index (κ2) is 3.72. The van der Waals surface area contributed by atoms with E-state index in [1.54, 1.807) is 11.8 Å². The third-order valence-electron chi connectivity index (χ3n) is 1.90. The Morgan fingerprint density at radius 1 is 1.46 bits per heavy atom. The molecule has 2 rings (SSSR count). The van der Waals surface area contributed by atoms with Crippen LogP contribution in [-0.2, 0) is 11.3 Å². The Balaban J connectivity index is 2.40. The summed E-state index contributed by atoms with van der Waals surface area (Å²) in [5.41, 5.74) is 1.18. The number of rotatable bonds is 0. The smallest absolute Gasteiger partial charge is 0.230 e. The van der Waals surface area contributed by atoms with Gasteiger partial charge >= 0.3 is 0 Å². The molecule has 0 fully saturated rings. The number of carbonyl (C=O) groups is 1. The van der Waals surface area contributed by atoms with E-state index >= 15 is 0 Å². The first-order valence-electron chi connectivity index (χ1n) is 3.94. The molecule has 0 radical (unpaired) electrons. The second-order valence-electron chi connectivity index (χ2n) is 2.78. The van der Waals surface area contributed by atoms with Crippen LogP contribution >= 0.6 is 27.7 Å². The maximum atomic E-state index is 11.1. The third kappa shape index (κ3) is 1.89. The van der Waals surface area contributed by atoms with Crippen molar-refractivity contribution >= 4 is 33.6 Å². The quantitative estimate of drug-likeness (QED) is 0.772. The van der Waals surface area contributed by atoms with Crippen molar-refractivity contribution in [2.45, 2.75) is 11.4 Å². The van der Waals surface area contributed by atoms with Crippen molar-refractivity contribution in [2.75, 3.05) is 5.75 Å². The van der Waals surface area contributed by atoms with Crippen molar-refractivity contribution in [2.24, 2.45) is 0 Å². The fourth-order valence-electron chi connectivity index (χ4n) is 1.23. The summed E-state index contributed by atoms with van der Waals surface area (Å²) in [7, 11) is 0. The minimum Gasteiger partial charge on any atom is -0.351 e. The van der Waals surface area contributed by atoms with Crippen LogP contribution in [0.4, 0.5) is 0 Å². The molecule has 0 aromatic heterocycles. The minimum atomic E-state index is 0.105. The molecule has 1 aliphatic rings. The van der Waals surface area contributed by atoms with Gasteiger partial charge in [0.25, 0.3) is 0 Å². The lowest BCUT2D eigenvalue weighted by molar-refractivity contribution is -0.118. The molecule has 1 heterocycles. The van der Waals surface area contributed by atoms with Gasteiger partial charge in [-0.05, 0) is 17.7 Å². The van der Waals surface area contributed by atoms with Gasteiger partial charge in [0.1, 0.15) is 0 Å². The monoisotopic (exact) mass is 257 g/mol. The predicted molar refractivity (Wildman–Crippen MR) is 56.7 cm³/mol. The summed E-state index contributed by atoms with van der Waals surface area (Å²) in [6, 6.07) is 6.04. The Labute approximate surface area is 89.2 Å². The van der Waals surface area contributed by atoms with Gasteiger partial charge in [-0.3, -0.25) is 4.79 Å². The number of carbonyl (C=O) groups excluding carboxylic acids is 1. The fraction of sp³-hybridized carbons (Fsp3) is 0.222. The summed E-state index contributed by atoms with van der Waals surface area (Å²) in [4.78, 5) is 12.3. The van der Waals surface area contributed by atoms with E-state index in [0.717, 1.165) is 4.47 Å². The van der Waals surface area contributed by atoms with Crippen LogP contribution in [0.25, 0.3) is 0 Å². The lowest BCUT2D eigenvalue weighted by atomic mass is 10.2. The molecule has 0 spiro atoms. The molecule has 0 saturated carbocycles. The molecule has 0 atom stereocenters. The van der Waals surface area contributed by atoms with Crippen molar-refractivity contribution in [3.8, 4) is 0 Å². The van der Waals surface area contributed by atoms with E-state index < -0.39 is 0 Å². The molecule has 1 N–H and O–H groups in total. The van der Waals surface area contributed by atoms with Gasteiger partial charge in [-0.1, -0.05) is 22.0 Å². The van der Waals surface area contributed by atoms with Gasteiger partial charge < -0.3 is 5.32 Å². The van der Waals surface area contributed by atoms with Gasteiger partial charge in [0.05, 0.1) is 5.75 Å². The number of nitrogens with one attached hydrogen (secondary N) is 1. The highest BCUT2D eigenvalue weighted by Crippen LogP contribution is 2.30. The molecule has 1 aromatic carbocycles. The van der Waals surface area contributed by atoms with Gasteiger partial charge in [0.2, 0.25) is 5.91 Å². The molecule has 13 heavy (non-hydrogen) atoms. The number of amides is 1. The van der Waals surface area contributed by atoms with E-state index in [0.29, 0.717) is 12.3 Å². The molecule has 4 heteroatoms. The van der Waals surface area contributed by atoms with Crippen LogP contribution in [0.1, 0.15) is 5.56 Å². The Morgan fingerprint density at radius 3 is 3.15 bits per heavy atom. The van der Waals surface area contributed by atoms with Crippen molar-refractivity contribution in [3.05, 3.63) is 28.2 Å². The van der Waals surface area contributed by atoms with Crippen LogP contribution in [0.5, 0.6) is 0 Å². The van der Waals surface area contributed by atoms with Crippen LogP contribution in [0.15, 0.2) is 27.6 Å². The van der Waals surface area contributed by atoms with Crippen LogP contribution in [0.2, 0.25) is 0 Å². The molecule has 1 aliphatic heterocycles. The summed E-state index contributed by atoms with van der Waals surface area (Å²) in [6.45, 7) is 0.628. The van der Waals surface area contributed by atoms with Crippen molar-refractivity contribution in [1.29, 1.82) is 0 Å². The maximum absolute atomic E-state index is 11.1. The fourth-order valence-corrected chi connectivity index (χ4v) is 2.78. The first kappa shape index (κ1) is 9.09. The number of halogens is 1. The van der Waals surface area contributed by atoms with Crippen LogP contribution < -0.4 is 5.32 Å². The van der Waals surface area contributed by atoms with Crippen LogP contribution in [0, 0.1) is 0 Å². The van der Waals surface area contributed by atoms with E-state index in [-0.39, 0.29) is 5.91 Å². The van der Waals surface area contributed by atoms with Crippen molar-refractivity contribution < 1.29 is 4.79 Å². The van der Waals surface area contributed by atoms with E-state index in [1.165, 1.54) is 10.5 Å². The highest BCUT2D eigenvalue weighted by molar-refractivity contribution is 9.10. The SMILES string of the molecule is O=C1CSc2cccc(Br)c2CN1. The van der Waals surface area contributed by atoms with Gasteiger partial charge in [-0.2, -0.15) is 0 Å². The molecular weight excluding hydrogens is 250 g/mol. The number of hydrogen-bond donors (Lipinski definition) is 1. The molecule has 0 aliphatic carbocycles. The minimum absolute atomic E-state index is 0.105. The number of fused-ring (bicyclic) bond motifs is 1. The summed E-state index contributed by atoms with van der Waals surface area (Å²) in [6.07, 6.45) is 0. The first-order valence-corrected chi connectivity index (χ1v) is 5.72. The molecule has 68 valence electrons. The molecule has 0 saturated heterocycles. The Bertz CT molecular complexity index is 353. The molecular formula is C9H8BrNOS. The molecule has 1 aromatic rings. The van der Waals surface area contributed by atoms with Gasteiger partial charge in [-0.25, -0.2) is 0 Å². The van der Waals surface area contributed by atoms with E-state index in [1.807, 2.05) is 18.2 Å². The van der Waals surface area contributed by atoms with Gasteiger partial charge in [-0.15, -0.1) is 11.8 Å². The number of benzene rings is 1. The Kier molecular flexibility index (Phi) is 2.60. The Hall–Kier alpha value is -0.480. The zero-order valence-corrected chi connectivity index (χ0v) is 9.24. The zero-order valence-electron chi connectivity index (χ0n) is 6.84. The third-order valence-corrected chi connectivity index (χ3v) is 3.74. The molecule has 2 nitrogen and oxygen atoms in total. The van der Waals surface area contributed by atoms with Crippen molar-refractivity contribution in [3.63, 3.8) is 0 Å². The average molecular weight is 258 g/mol. The van der Waals surface area contributed by atoms with E-state index in [4.69, 9.17) is 0 Å².